The number of carbonyl (C=O) groups is 3. The van der Waals surface area contributed by atoms with Crippen LogP contribution in [0.4, 0.5) is 5.69 Å². The number of rotatable bonds is 4. The topological polar surface area (TPSA) is 66.5 Å². The Morgan fingerprint density at radius 1 is 1.07 bits per heavy atom. The number of nitrogens with zero attached hydrogens (tertiary/aromatic N) is 1. The zero-order valence-corrected chi connectivity index (χ0v) is 15.4. The van der Waals surface area contributed by atoms with Gasteiger partial charge in [0.2, 0.25) is 17.7 Å². The van der Waals surface area contributed by atoms with Crippen LogP contribution in [0.25, 0.3) is 10.8 Å². The fourth-order valence-electron chi connectivity index (χ4n) is 3.88. The lowest BCUT2D eigenvalue weighted by molar-refractivity contribution is -0.140. The van der Waals surface area contributed by atoms with Crippen LogP contribution in [0.15, 0.2) is 53.6 Å². The highest BCUT2D eigenvalue weighted by Gasteiger charge is 2.48. The molecule has 0 unspecified atom stereocenters. The Balaban J connectivity index is 1.41. The molecule has 1 fully saturated rings. The lowest BCUT2D eigenvalue weighted by Gasteiger charge is -2.17. The smallest absolute Gasteiger partial charge is 0.233 e. The summed E-state index contributed by atoms with van der Waals surface area (Å²) in [6, 6.07) is 13.5. The van der Waals surface area contributed by atoms with Gasteiger partial charge in [0.25, 0.3) is 0 Å². The summed E-state index contributed by atoms with van der Waals surface area (Å²) in [6.07, 6.45) is 2.79. The van der Waals surface area contributed by atoms with Crippen molar-refractivity contribution in [3.63, 3.8) is 0 Å². The molecule has 2 aliphatic rings. The molecule has 1 N–H and O–H groups in total. The first-order valence-corrected chi connectivity index (χ1v) is 9.40. The number of hydrogen-bond donors (Lipinski definition) is 1. The Hall–Kier alpha value is -2.66. The molecule has 1 aliphatic heterocycles. The van der Waals surface area contributed by atoms with Gasteiger partial charge in [-0.3, -0.25) is 19.3 Å². The van der Waals surface area contributed by atoms with Gasteiger partial charge in [-0.15, -0.1) is 0 Å². The third-order valence-corrected chi connectivity index (χ3v) is 5.60. The summed E-state index contributed by atoms with van der Waals surface area (Å²) in [5.74, 6) is -1.34. The van der Waals surface area contributed by atoms with Gasteiger partial charge < -0.3 is 5.32 Å². The van der Waals surface area contributed by atoms with Gasteiger partial charge >= 0.3 is 0 Å². The summed E-state index contributed by atoms with van der Waals surface area (Å²) in [4.78, 5) is 38.7. The fraction of sp³-hybridized carbons (Fsp3) is 0.286. The third kappa shape index (κ3) is 3.35. The maximum atomic E-state index is 12.5. The molecule has 6 heteroatoms. The number of imide groups is 1. The number of benzene rings is 2. The first-order chi connectivity index (χ1) is 13.0. The number of likely N-dealkylation sites (tertiary alicyclic amines) is 1. The van der Waals surface area contributed by atoms with Crippen LogP contribution in [0.1, 0.15) is 19.3 Å². The lowest BCUT2D eigenvalue weighted by Crippen LogP contribution is -2.34. The predicted molar refractivity (Wildman–Crippen MR) is 104 cm³/mol. The lowest BCUT2D eigenvalue weighted by atomic mass is 9.85. The number of fused-ring (bicyclic) bond motifs is 2. The highest BCUT2D eigenvalue weighted by molar-refractivity contribution is 6.30. The van der Waals surface area contributed by atoms with Gasteiger partial charge in [0.05, 0.1) is 11.8 Å². The van der Waals surface area contributed by atoms with E-state index in [1.54, 1.807) is 0 Å². The monoisotopic (exact) mass is 382 g/mol. The van der Waals surface area contributed by atoms with Crippen molar-refractivity contribution in [2.75, 3.05) is 11.9 Å². The molecule has 138 valence electrons. The number of amides is 3. The second-order valence-corrected chi connectivity index (χ2v) is 7.44. The minimum Gasteiger partial charge on any atom is -0.325 e. The number of halogens is 1. The van der Waals surface area contributed by atoms with Crippen LogP contribution in [0, 0.1) is 11.8 Å². The van der Waals surface area contributed by atoms with Gasteiger partial charge in [0, 0.05) is 29.1 Å². The summed E-state index contributed by atoms with van der Waals surface area (Å²) < 4.78 is 0. The second-order valence-electron chi connectivity index (χ2n) is 6.96. The molecule has 2 atom stereocenters. The quantitative estimate of drug-likeness (QED) is 0.820. The highest BCUT2D eigenvalue weighted by Crippen LogP contribution is 2.38. The van der Waals surface area contributed by atoms with E-state index in [0.29, 0.717) is 17.9 Å². The van der Waals surface area contributed by atoms with Crippen molar-refractivity contribution in [2.45, 2.75) is 19.3 Å². The Morgan fingerprint density at radius 3 is 2.67 bits per heavy atom. The van der Waals surface area contributed by atoms with Crippen LogP contribution in [-0.2, 0) is 14.4 Å². The van der Waals surface area contributed by atoms with Crippen molar-refractivity contribution >= 4 is 45.8 Å². The fourth-order valence-corrected chi connectivity index (χ4v) is 4.13. The SMILES string of the molecule is O=C(CCN1C(=O)[C@H]2CC(Cl)=CC[C@H]2C1=O)Nc1cccc2ccccc12. The zero-order valence-electron chi connectivity index (χ0n) is 14.7. The molecule has 2 aromatic rings. The van der Waals surface area contributed by atoms with E-state index in [-0.39, 0.29) is 42.5 Å². The van der Waals surface area contributed by atoms with Crippen molar-refractivity contribution in [2.24, 2.45) is 11.8 Å². The van der Waals surface area contributed by atoms with Gasteiger partial charge in [0.1, 0.15) is 0 Å². The van der Waals surface area contributed by atoms with Crippen molar-refractivity contribution in [1.82, 2.24) is 4.90 Å². The van der Waals surface area contributed by atoms with Crippen LogP contribution in [0.2, 0.25) is 0 Å². The Labute approximate surface area is 162 Å². The van der Waals surface area contributed by atoms with E-state index in [1.807, 2.05) is 48.5 Å². The number of allylic oxidation sites excluding steroid dienone is 2. The molecular formula is C21H19ClN2O3. The summed E-state index contributed by atoms with van der Waals surface area (Å²) in [7, 11) is 0. The minimum absolute atomic E-state index is 0.0707. The van der Waals surface area contributed by atoms with Crippen molar-refractivity contribution < 1.29 is 14.4 Å². The molecule has 5 nitrogen and oxygen atoms in total. The van der Waals surface area contributed by atoms with Crippen molar-refractivity contribution in [1.29, 1.82) is 0 Å². The van der Waals surface area contributed by atoms with E-state index in [2.05, 4.69) is 5.32 Å². The van der Waals surface area contributed by atoms with Gasteiger partial charge in [0.15, 0.2) is 0 Å². The van der Waals surface area contributed by atoms with Gasteiger partial charge in [-0.1, -0.05) is 54.1 Å². The van der Waals surface area contributed by atoms with Crippen LogP contribution in [-0.4, -0.2) is 29.2 Å². The van der Waals surface area contributed by atoms with E-state index < -0.39 is 0 Å². The second kappa shape index (κ2) is 7.16. The van der Waals surface area contributed by atoms with E-state index in [1.165, 1.54) is 4.90 Å². The molecular weight excluding hydrogens is 364 g/mol. The maximum Gasteiger partial charge on any atom is 0.233 e. The van der Waals surface area contributed by atoms with E-state index >= 15 is 0 Å². The Bertz CT molecular complexity index is 964. The summed E-state index contributed by atoms with van der Waals surface area (Å²) in [5.41, 5.74) is 0.724. The molecule has 0 aromatic heterocycles. The first-order valence-electron chi connectivity index (χ1n) is 9.02. The number of hydrogen-bond acceptors (Lipinski definition) is 3. The van der Waals surface area contributed by atoms with E-state index in [9.17, 15) is 14.4 Å². The van der Waals surface area contributed by atoms with Crippen molar-refractivity contribution in [3.8, 4) is 0 Å². The van der Waals surface area contributed by atoms with Crippen LogP contribution in [0.3, 0.4) is 0 Å². The molecule has 2 aromatic carbocycles. The summed E-state index contributed by atoms with van der Waals surface area (Å²) in [5, 5.41) is 5.51. The number of anilines is 1. The number of carbonyl (C=O) groups excluding carboxylic acids is 3. The van der Waals surface area contributed by atoms with Gasteiger partial charge in [-0.05, 0) is 24.3 Å². The molecule has 0 bridgehead atoms. The molecule has 1 saturated heterocycles. The van der Waals surface area contributed by atoms with E-state index in [4.69, 9.17) is 11.6 Å². The average Bonchev–Trinajstić information content (AvgIpc) is 2.90. The molecule has 4 rings (SSSR count). The zero-order chi connectivity index (χ0) is 19.0. The summed E-state index contributed by atoms with van der Waals surface area (Å²) >= 11 is 6.02. The Kier molecular flexibility index (Phi) is 4.70. The van der Waals surface area contributed by atoms with Gasteiger partial charge in [-0.25, -0.2) is 0 Å². The first kappa shape index (κ1) is 17.7. The van der Waals surface area contributed by atoms with Crippen LogP contribution in [0.5, 0.6) is 0 Å². The normalized spacial score (nSPS) is 22.0. The average molecular weight is 383 g/mol. The molecule has 1 heterocycles. The van der Waals surface area contributed by atoms with Crippen LogP contribution < -0.4 is 5.32 Å². The molecule has 0 saturated carbocycles. The maximum absolute atomic E-state index is 12.5. The molecule has 0 radical (unpaired) electrons. The minimum atomic E-state index is -0.379. The Morgan fingerprint density at radius 2 is 1.81 bits per heavy atom. The summed E-state index contributed by atoms with van der Waals surface area (Å²) in [6.45, 7) is 0.0961. The van der Waals surface area contributed by atoms with Crippen LogP contribution >= 0.6 is 11.6 Å². The van der Waals surface area contributed by atoms with Gasteiger partial charge in [-0.2, -0.15) is 0 Å². The molecule has 1 aliphatic carbocycles. The standard InChI is InChI=1S/C21H19ClN2O3/c22-14-8-9-16-17(12-14)21(27)24(20(16)26)11-10-19(25)23-18-7-3-5-13-4-1-2-6-15(13)18/h1-8,16-17H,9-12H2,(H,23,25)/t16-,17+/m1/s1. The van der Waals surface area contributed by atoms with Crippen molar-refractivity contribution in [3.05, 3.63) is 53.6 Å². The largest absolute Gasteiger partial charge is 0.325 e. The third-order valence-electron chi connectivity index (χ3n) is 5.29. The molecule has 3 amide bonds. The van der Waals surface area contributed by atoms with E-state index in [0.717, 1.165) is 16.5 Å². The highest BCUT2D eigenvalue weighted by atomic mass is 35.5. The molecule has 0 spiro atoms. The predicted octanol–water partition coefficient (Wildman–Crippen LogP) is 3.69. The molecule has 27 heavy (non-hydrogen) atoms. The number of nitrogens with one attached hydrogen (secondary N) is 1.